The van der Waals surface area contributed by atoms with Gasteiger partial charge in [0.2, 0.25) is 0 Å². The Bertz CT molecular complexity index is 219. The fourth-order valence-electron chi connectivity index (χ4n) is 0.789. The average Bonchev–Trinajstić information content (AvgIpc) is 2.11. The summed E-state index contributed by atoms with van der Waals surface area (Å²) in [7, 11) is 0. The van der Waals surface area contributed by atoms with Crippen LogP contribution in [0.25, 0.3) is 0 Å². The molecule has 0 unspecified atom stereocenters. The van der Waals surface area contributed by atoms with Crippen molar-refractivity contribution >= 4 is 30.0 Å². The molecule has 0 aliphatic rings. The minimum Gasteiger partial charge on any atom is -0.293 e. The maximum absolute atomic E-state index is 11.2. The number of rotatable bonds is 4. The van der Waals surface area contributed by atoms with Crippen molar-refractivity contribution in [1.29, 1.82) is 0 Å². The Labute approximate surface area is 83.9 Å². The first kappa shape index (κ1) is 11.8. The number of halogens is 1. The molecule has 0 aliphatic heterocycles. The van der Waals surface area contributed by atoms with Crippen LogP contribution in [-0.2, 0) is 4.79 Å². The molecule has 0 fully saturated rings. The van der Waals surface area contributed by atoms with E-state index < -0.39 is 0 Å². The molecule has 0 heterocycles. The topological polar surface area (TPSA) is 17.1 Å². The molecule has 1 nitrogen and oxygen atoms in total. The van der Waals surface area contributed by atoms with Crippen LogP contribution in [0.3, 0.4) is 0 Å². The van der Waals surface area contributed by atoms with Crippen molar-refractivity contribution in [3.8, 4) is 0 Å². The second-order valence-corrected chi connectivity index (χ2v) is 2.97. The summed E-state index contributed by atoms with van der Waals surface area (Å²) < 4.78 is 0. The Hall–Kier alpha value is -0.210. The normalized spacial score (nSPS) is 13.3. The predicted octanol–water partition coefficient (Wildman–Crippen LogP) is 2.96. The summed E-state index contributed by atoms with van der Waals surface area (Å²) >= 11 is 9.73. The lowest BCUT2D eigenvalue weighted by molar-refractivity contribution is -0.112. The van der Waals surface area contributed by atoms with E-state index in [0.29, 0.717) is 10.6 Å². The van der Waals surface area contributed by atoms with Gasteiger partial charge in [-0.1, -0.05) is 30.7 Å². The van der Waals surface area contributed by atoms with Crippen molar-refractivity contribution in [2.45, 2.75) is 20.3 Å². The largest absolute Gasteiger partial charge is 0.293 e. The number of hydrogen-bond donors (Lipinski definition) is 1. The molecular weight excluding hydrogens is 192 g/mol. The first-order valence-corrected chi connectivity index (χ1v) is 4.84. The van der Waals surface area contributed by atoms with Gasteiger partial charge in [-0.15, -0.1) is 0 Å². The van der Waals surface area contributed by atoms with Crippen LogP contribution in [0.1, 0.15) is 20.3 Å². The lowest BCUT2D eigenvalue weighted by atomic mass is 10.1. The second kappa shape index (κ2) is 6.32. The van der Waals surface area contributed by atoms with Crippen molar-refractivity contribution in [2.24, 2.45) is 0 Å². The Balaban J connectivity index is 4.68. The summed E-state index contributed by atoms with van der Waals surface area (Å²) in [6, 6.07) is 0. The number of carbonyl (C=O) groups is 1. The minimum atomic E-state index is -0.0247. The minimum absolute atomic E-state index is 0.0247. The predicted molar refractivity (Wildman–Crippen MR) is 56.8 cm³/mol. The highest BCUT2D eigenvalue weighted by Gasteiger charge is 2.09. The van der Waals surface area contributed by atoms with Crippen molar-refractivity contribution in [1.82, 2.24) is 0 Å². The van der Waals surface area contributed by atoms with Crippen LogP contribution in [0.4, 0.5) is 0 Å². The molecule has 0 spiro atoms. The average molecular weight is 205 g/mol. The van der Waals surface area contributed by atoms with E-state index in [4.69, 9.17) is 11.6 Å². The van der Waals surface area contributed by atoms with Crippen molar-refractivity contribution < 1.29 is 4.79 Å². The molecular formula is C9H13ClOS. The number of allylic oxidation sites excluding steroid dienone is 4. The number of thiol groups is 1. The first-order chi connectivity index (χ1) is 5.67. The van der Waals surface area contributed by atoms with Crippen LogP contribution < -0.4 is 0 Å². The third-order valence-electron chi connectivity index (χ3n) is 1.36. The van der Waals surface area contributed by atoms with Crippen LogP contribution in [0.5, 0.6) is 0 Å². The smallest absolute Gasteiger partial charge is 0.173 e. The van der Waals surface area contributed by atoms with E-state index in [-0.39, 0.29) is 11.5 Å². The maximum atomic E-state index is 11.2. The lowest BCUT2D eigenvalue weighted by Crippen LogP contribution is -2.04. The Morgan fingerprint density at radius 3 is 2.50 bits per heavy atom. The molecule has 0 N–H and O–H groups in total. The van der Waals surface area contributed by atoms with E-state index in [1.807, 2.05) is 13.0 Å². The van der Waals surface area contributed by atoms with Gasteiger partial charge in [0.05, 0.1) is 5.75 Å². The third kappa shape index (κ3) is 3.46. The molecule has 0 aromatic carbocycles. The molecule has 0 atom stereocenters. The fraction of sp³-hybridized carbons (Fsp3) is 0.444. The van der Waals surface area contributed by atoms with E-state index in [1.54, 1.807) is 13.0 Å². The highest BCUT2D eigenvalue weighted by molar-refractivity contribution is 7.81. The van der Waals surface area contributed by atoms with Crippen LogP contribution in [0.2, 0.25) is 0 Å². The molecule has 0 saturated carbocycles. The molecule has 0 rings (SSSR count). The standard InChI is InChI=1S/C9H13ClOS/c1-3-5-7(8(10)4-2)9(11)6-12/h4-5,12H,3,6H2,1-2H3/b7-5+,8-4+. The molecule has 0 bridgehead atoms. The molecule has 0 aliphatic carbocycles. The first-order valence-electron chi connectivity index (χ1n) is 3.83. The van der Waals surface area contributed by atoms with Crippen LogP contribution >= 0.6 is 24.2 Å². The van der Waals surface area contributed by atoms with Gasteiger partial charge in [-0.3, -0.25) is 4.79 Å². The molecule has 3 heteroatoms. The zero-order chi connectivity index (χ0) is 9.56. The van der Waals surface area contributed by atoms with Gasteiger partial charge < -0.3 is 0 Å². The molecule has 0 aromatic rings. The summed E-state index contributed by atoms with van der Waals surface area (Å²) in [4.78, 5) is 11.2. The van der Waals surface area contributed by atoms with E-state index in [9.17, 15) is 4.79 Å². The van der Waals surface area contributed by atoms with Gasteiger partial charge in [-0.2, -0.15) is 12.6 Å². The number of carbonyl (C=O) groups excluding carboxylic acids is 1. The summed E-state index contributed by atoms with van der Waals surface area (Å²) in [5.74, 6) is 0.180. The van der Waals surface area contributed by atoms with Gasteiger partial charge in [0.15, 0.2) is 5.78 Å². The molecule has 0 radical (unpaired) electrons. The van der Waals surface area contributed by atoms with Gasteiger partial charge in [0.1, 0.15) is 0 Å². The van der Waals surface area contributed by atoms with Crippen molar-refractivity contribution in [3.05, 3.63) is 22.8 Å². The molecule has 68 valence electrons. The van der Waals surface area contributed by atoms with E-state index in [2.05, 4.69) is 12.6 Å². The van der Waals surface area contributed by atoms with Crippen LogP contribution in [0.15, 0.2) is 22.8 Å². The van der Waals surface area contributed by atoms with E-state index in [0.717, 1.165) is 6.42 Å². The van der Waals surface area contributed by atoms with Gasteiger partial charge >= 0.3 is 0 Å². The number of Topliss-reactive ketones (excluding diaryl/α,β-unsaturated/α-hetero) is 1. The highest BCUT2D eigenvalue weighted by Crippen LogP contribution is 2.16. The summed E-state index contributed by atoms with van der Waals surface area (Å²) in [5.41, 5.74) is 0.580. The molecule has 0 aromatic heterocycles. The third-order valence-corrected chi connectivity index (χ3v) is 2.07. The Morgan fingerprint density at radius 2 is 2.17 bits per heavy atom. The number of hydrogen-bond acceptors (Lipinski definition) is 2. The highest BCUT2D eigenvalue weighted by atomic mass is 35.5. The van der Waals surface area contributed by atoms with Gasteiger partial charge in [0.25, 0.3) is 0 Å². The SMILES string of the molecule is C/C=C(Cl)\C(=C/CC)C(=O)CS. The molecule has 12 heavy (non-hydrogen) atoms. The van der Waals surface area contributed by atoms with Gasteiger partial charge in [-0.25, -0.2) is 0 Å². The van der Waals surface area contributed by atoms with E-state index in [1.165, 1.54) is 0 Å². The molecule has 0 saturated heterocycles. The van der Waals surface area contributed by atoms with Gasteiger partial charge in [0, 0.05) is 10.6 Å². The van der Waals surface area contributed by atoms with Crippen LogP contribution in [0, 0.1) is 0 Å². The Morgan fingerprint density at radius 1 is 1.58 bits per heavy atom. The zero-order valence-electron chi connectivity index (χ0n) is 7.30. The monoisotopic (exact) mass is 204 g/mol. The zero-order valence-corrected chi connectivity index (χ0v) is 8.95. The van der Waals surface area contributed by atoms with Gasteiger partial charge in [-0.05, 0) is 13.3 Å². The fourth-order valence-corrected chi connectivity index (χ4v) is 1.14. The van der Waals surface area contributed by atoms with Crippen LogP contribution in [-0.4, -0.2) is 11.5 Å². The van der Waals surface area contributed by atoms with Crippen molar-refractivity contribution in [2.75, 3.05) is 5.75 Å². The summed E-state index contributed by atoms with van der Waals surface area (Å²) in [6.45, 7) is 3.77. The molecule has 0 amide bonds. The maximum Gasteiger partial charge on any atom is 0.173 e. The summed E-state index contributed by atoms with van der Waals surface area (Å²) in [5, 5.41) is 0.510. The lowest BCUT2D eigenvalue weighted by Gasteiger charge is -2.01. The Kier molecular flexibility index (Phi) is 6.21. The quantitative estimate of drug-likeness (QED) is 0.423. The summed E-state index contributed by atoms with van der Waals surface area (Å²) in [6.07, 6.45) is 4.34. The number of ketones is 1. The van der Waals surface area contributed by atoms with E-state index >= 15 is 0 Å². The van der Waals surface area contributed by atoms with Crippen molar-refractivity contribution in [3.63, 3.8) is 0 Å². The second-order valence-electron chi connectivity index (χ2n) is 2.24.